The first-order valence-electron chi connectivity index (χ1n) is 12.1. The smallest absolute Gasteiger partial charge is 0.259 e. The number of fused-ring (bicyclic) bond motifs is 2. The van der Waals surface area contributed by atoms with Crippen LogP contribution in [0.15, 0.2) is 108 Å². The van der Waals surface area contributed by atoms with Gasteiger partial charge in [0.2, 0.25) is 0 Å². The van der Waals surface area contributed by atoms with Gasteiger partial charge in [-0.3, -0.25) is 9.59 Å². The first-order valence-corrected chi connectivity index (χ1v) is 12.1. The van der Waals surface area contributed by atoms with E-state index in [-0.39, 0.29) is 24.9 Å². The minimum atomic E-state index is -0.469. The lowest BCUT2D eigenvalue weighted by molar-refractivity contribution is -0.120. The number of carbonyl (C=O) groups is 2. The highest BCUT2D eigenvalue weighted by atomic mass is 19.1. The number of nitrogens with one attached hydrogen (secondary N) is 2. The van der Waals surface area contributed by atoms with E-state index in [1.54, 1.807) is 18.2 Å². The number of benzene rings is 5. The SMILES string of the molecule is O=C(CNC(=O)c1cccc2ccccc12)N/N=C\c1c(OCc2ccc(F)cc2)ccc2ccccc12. The Balaban J connectivity index is 1.26. The van der Waals surface area contributed by atoms with Crippen LogP contribution in [0.4, 0.5) is 4.39 Å². The summed E-state index contributed by atoms with van der Waals surface area (Å²) in [7, 11) is 0. The maximum absolute atomic E-state index is 13.2. The fourth-order valence-electron chi connectivity index (χ4n) is 4.16. The average Bonchev–Trinajstić information content (AvgIpc) is 2.95. The molecule has 2 amide bonds. The van der Waals surface area contributed by atoms with Gasteiger partial charge in [0.15, 0.2) is 0 Å². The molecule has 2 N–H and O–H groups in total. The molecule has 38 heavy (non-hydrogen) atoms. The van der Waals surface area contributed by atoms with Crippen LogP contribution in [0.1, 0.15) is 21.5 Å². The van der Waals surface area contributed by atoms with Crippen LogP contribution in [0.2, 0.25) is 0 Å². The minimum Gasteiger partial charge on any atom is -0.488 e. The summed E-state index contributed by atoms with van der Waals surface area (Å²) in [4.78, 5) is 25.1. The van der Waals surface area contributed by atoms with Crippen molar-refractivity contribution in [2.75, 3.05) is 6.54 Å². The zero-order valence-corrected chi connectivity index (χ0v) is 20.4. The molecular weight excluding hydrogens is 481 g/mol. The second kappa shape index (κ2) is 11.3. The van der Waals surface area contributed by atoms with Gasteiger partial charge in [0, 0.05) is 11.1 Å². The van der Waals surface area contributed by atoms with E-state index in [9.17, 15) is 14.0 Å². The molecule has 5 rings (SSSR count). The molecule has 0 heterocycles. The summed E-state index contributed by atoms with van der Waals surface area (Å²) in [5.74, 6) is -0.554. The lowest BCUT2D eigenvalue weighted by atomic mass is 10.0. The Morgan fingerprint density at radius 1 is 0.789 bits per heavy atom. The predicted octanol–water partition coefficient (Wildman–Crippen LogP) is 5.59. The zero-order valence-electron chi connectivity index (χ0n) is 20.4. The standard InChI is InChI=1S/C31H24FN3O3/c32-24-15-12-21(13-16-24)20-38-29-17-14-23-7-2-4-10-26(23)28(29)18-34-35-30(36)19-33-31(37)27-11-5-8-22-6-1-3-9-25(22)27/h1-18H,19-20H2,(H,33,37)(H,35,36)/b34-18-. The van der Waals surface area contributed by atoms with Crippen LogP contribution in [-0.2, 0) is 11.4 Å². The van der Waals surface area contributed by atoms with Crippen molar-refractivity contribution in [2.24, 2.45) is 5.10 Å². The van der Waals surface area contributed by atoms with Crippen LogP contribution < -0.4 is 15.5 Å². The molecule has 0 aromatic heterocycles. The van der Waals surface area contributed by atoms with Crippen LogP contribution in [0.25, 0.3) is 21.5 Å². The molecule has 188 valence electrons. The molecule has 0 saturated carbocycles. The predicted molar refractivity (Wildman–Crippen MR) is 147 cm³/mol. The summed E-state index contributed by atoms with van der Waals surface area (Å²) in [6, 6.07) is 30.6. The van der Waals surface area contributed by atoms with Gasteiger partial charge in [-0.25, -0.2) is 9.82 Å². The number of ether oxygens (including phenoxy) is 1. The Labute approximate surface area is 218 Å². The van der Waals surface area contributed by atoms with Gasteiger partial charge in [-0.05, 0) is 51.4 Å². The fraction of sp³-hybridized carbons (Fsp3) is 0.0645. The third-order valence-electron chi connectivity index (χ3n) is 6.06. The topological polar surface area (TPSA) is 79.8 Å². The fourth-order valence-corrected chi connectivity index (χ4v) is 4.16. The maximum Gasteiger partial charge on any atom is 0.259 e. The number of carbonyl (C=O) groups excluding carboxylic acids is 2. The van der Waals surface area contributed by atoms with E-state index in [2.05, 4.69) is 15.8 Å². The molecule has 0 atom stereocenters. The second-order valence-corrected chi connectivity index (χ2v) is 8.62. The van der Waals surface area contributed by atoms with E-state index in [4.69, 9.17) is 4.74 Å². The Kier molecular flexibility index (Phi) is 7.36. The van der Waals surface area contributed by atoms with Crippen molar-refractivity contribution >= 4 is 39.6 Å². The highest BCUT2D eigenvalue weighted by Crippen LogP contribution is 2.27. The Morgan fingerprint density at radius 2 is 1.47 bits per heavy atom. The van der Waals surface area contributed by atoms with Crippen LogP contribution in [0.3, 0.4) is 0 Å². The minimum absolute atomic E-state index is 0.233. The first kappa shape index (κ1) is 24.6. The molecule has 0 unspecified atom stereocenters. The van der Waals surface area contributed by atoms with Crippen molar-refractivity contribution in [3.05, 3.63) is 126 Å². The van der Waals surface area contributed by atoms with Gasteiger partial charge < -0.3 is 10.1 Å². The molecule has 5 aromatic rings. The highest BCUT2D eigenvalue weighted by Gasteiger charge is 2.12. The molecule has 0 bridgehead atoms. The summed E-state index contributed by atoms with van der Waals surface area (Å²) in [6.45, 7) is 0.00880. The van der Waals surface area contributed by atoms with E-state index in [0.29, 0.717) is 16.9 Å². The number of rotatable bonds is 8. The third-order valence-corrected chi connectivity index (χ3v) is 6.06. The molecular formula is C31H24FN3O3. The van der Waals surface area contributed by atoms with E-state index in [1.165, 1.54) is 18.3 Å². The van der Waals surface area contributed by atoms with Gasteiger partial charge in [-0.1, -0.05) is 78.9 Å². The van der Waals surface area contributed by atoms with Gasteiger partial charge >= 0.3 is 0 Å². The van der Waals surface area contributed by atoms with Gasteiger partial charge in [0.1, 0.15) is 18.2 Å². The first-order chi connectivity index (χ1) is 18.6. The van der Waals surface area contributed by atoms with Crippen LogP contribution in [0.5, 0.6) is 5.75 Å². The molecule has 0 aliphatic rings. The number of hydrogen-bond acceptors (Lipinski definition) is 4. The largest absolute Gasteiger partial charge is 0.488 e. The van der Waals surface area contributed by atoms with Crippen LogP contribution in [0, 0.1) is 5.82 Å². The third kappa shape index (κ3) is 5.68. The van der Waals surface area contributed by atoms with Gasteiger partial charge in [-0.15, -0.1) is 0 Å². The lowest BCUT2D eigenvalue weighted by Gasteiger charge is -2.12. The zero-order chi connectivity index (χ0) is 26.3. The summed E-state index contributed by atoms with van der Waals surface area (Å²) in [6.07, 6.45) is 1.52. The summed E-state index contributed by atoms with van der Waals surface area (Å²) >= 11 is 0. The second-order valence-electron chi connectivity index (χ2n) is 8.62. The van der Waals surface area contributed by atoms with Crippen LogP contribution >= 0.6 is 0 Å². The molecule has 0 aliphatic carbocycles. The molecule has 0 saturated heterocycles. The number of hydrazone groups is 1. The number of nitrogens with zero attached hydrogens (tertiary/aromatic N) is 1. The normalized spacial score (nSPS) is 11.1. The summed E-state index contributed by atoms with van der Waals surface area (Å²) in [5, 5.41) is 10.4. The van der Waals surface area contributed by atoms with E-state index < -0.39 is 5.91 Å². The summed E-state index contributed by atoms with van der Waals surface area (Å²) < 4.78 is 19.2. The van der Waals surface area contributed by atoms with Crippen molar-refractivity contribution in [1.29, 1.82) is 0 Å². The molecule has 0 spiro atoms. The van der Waals surface area contributed by atoms with Crippen molar-refractivity contribution in [2.45, 2.75) is 6.61 Å². The molecule has 0 aliphatic heterocycles. The highest BCUT2D eigenvalue weighted by molar-refractivity contribution is 6.08. The van der Waals surface area contributed by atoms with Gasteiger partial charge in [-0.2, -0.15) is 5.10 Å². The van der Waals surface area contributed by atoms with E-state index in [1.807, 2.05) is 72.8 Å². The molecule has 0 fully saturated rings. The lowest BCUT2D eigenvalue weighted by Crippen LogP contribution is -2.35. The van der Waals surface area contributed by atoms with Gasteiger partial charge in [0.05, 0.1) is 12.8 Å². The molecule has 5 aromatic carbocycles. The monoisotopic (exact) mass is 505 g/mol. The number of hydrogen-bond donors (Lipinski definition) is 2. The van der Waals surface area contributed by atoms with Crippen molar-refractivity contribution < 1.29 is 18.7 Å². The van der Waals surface area contributed by atoms with Gasteiger partial charge in [0.25, 0.3) is 11.8 Å². The number of halogens is 1. The number of amides is 2. The Hall–Kier alpha value is -5.04. The summed E-state index contributed by atoms with van der Waals surface area (Å²) in [5.41, 5.74) is 4.47. The molecule has 6 nitrogen and oxygen atoms in total. The molecule has 7 heteroatoms. The maximum atomic E-state index is 13.2. The van der Waals surface area contributed by atoms with Crippen molar-refractivity contribution in [1.82, 2.24) is 10.7 Å². The average molecular weight is 506 g/mol. The van der Waals surface area contributed by atoms with Crippen molar-refractivity contribution in [3.63, 3.8) is 0 Å². The van der Waals surface area contributed by atoms with Crippen LogP contribution in [-0.4, -0.2) is 24.6 Å². The van der Waals surface area contributed by atoms with E-state index in [0.717, 1.165) is 27.1 Å². The molecule has 0 radical (unpaired) electrons. The van der Waals surface area contributed by atoms with Crippen molar-refractivity contribution in [3.8, 4) is 5.75 Å². The quantitative estimate of drug-likeness (QED) is 0.213. The Morgan fingerprint density at radius 3 is 2.26 bits per heavy atom. The van der Waals surface area contributed by atoms with E-state index >= 15 is 0 Å². The Bertz CT molecular complexity index is 1640.